The number of rotatable bonds is 7. The highest BCUT2D eigenvalue weighted by Gasteiger charge is 2.24. The van der Waals surface area contributed by atoms with Crippen molar-refractivity contribution in [3.05, 3.63) is 35.4 Å². The number of carbonyl (C=O) groups excluding carboxylic acids is 1. The number of amides is 1. The van der Waals surface area contributed by atoms with Crippen LogP contribution in [-0.2, 0) is 22.7 Å². The van der Waals surface area contributed by atoms with Gasteiger partial charge in [-0.1, -0.05) is 38.1 Å². The number of aliphatic carboxylic acids is 1. The van der Waals surface area contributed by atoms with E-state index in [4.69, 9.17) is 10.2 Å². The minimum absolute atomic E-state index is 0.00395. The summed E-state index contributed by atoms with van der Waals surface area (Å²) < 4.78 is 0. The first kappa shape index (κ1) is 16.2. The molecule has 0 heterocycles. The summed E-state index contributed by atoms with van der Waals surface area (Å²) in [6.07, 6.45) is 0.139. The summed E-state index contributed by atoms with van der Waals surface area (Å²) in [5, 5.41) is 20.5. The van der Waals surface area contributed by atoms with Crippen LogP contribution in [0.2, 0.25) is 0 Å². The summed E-state index contributed by atoms with van der Waals surface area (Å²) in [4.78, 5) is 22.5. The molecule has 0 aliphatic carbocycles. The van der Waals surface area contributed by atoms with E-state index in [1.807, 2.05) is 12.1 Å². The van der Waals surface area contributed by atoms with Crippen molar-refractivity contribution in [3.63, 3.8) is 0 Å². The van der Waals surface area contributed by atoms with E-state index in [0.29, 0.717) is 6.54 Å². The molecule has 1 aromatic carbocycles. The lowest BCUT2D eigenvalue weighted by Crippen LogP contribution is -2.29. The van der Waals surface area contributed by atoms with E-state index in [1.54, 1.807) is 26.0 Å². The minimum Gasteiger partial charge on any atom is -0.481 e. The first-order valence-corrected chi connectivity index (χ1v) is 6.49. The molecule has 0 radical (unpaired) electrons. The standard InChI is InChI=1S/C15H21NO4/c1-15(2,8-14(19)20)7-13(18)16-9-11-3-5-12(10-17)6-4-11/h3-6,17H,7-10H2,1-2H3,(H,16,18)(H,19,20). The number of carboxylic acids is 1. The van der Waals surface area contributed by atoms with Crippen molar-refractivity contribution in [1.29, 1.82) is 0 Å². The average Bonchev–Trinajstić information content (AvgIpc) is 2.34. The first-order valence-electron chi connectivity index (χ1n) is 6.49. The smallest absolute Gasteiger partial charge is 0.303 e. The van der Waals surface area contributed by atoms with Gasteiger partial charge in [-0.25, -0.2) is 0 Å². The number of hydrogen-bond acceptors (Lipinski definition) is 3. The zero-order chi connectivity index (χ0) is 15.2. The van der Waals surface area contributed by atoms with Crippen LogP contribution in [0.25, 0.3) is 0 Å². The molecule has 3 N–H and O–H groups in total. The van der Waals surface area contributed by atoms with Crippen LogP contribution < -0.4 is 5.32 Å². The second-order valence-electron chi connectivity index (χ2n) is 5.66. The third-order valence-corrected chi connectivity index (χ3v) is 2.96. The molecular formula is C15H21NO4. The van der Waals surface area contributed by atoms with Crippen LogP contribution >= 0.6 is 0 Å². The monoisotopic (exact) mass is 279 g/mol. The van der Waals surface area contributed by atoms with Crippen LogP contribution in [0, 0.1) is 5.41 Å². The molecule has 0 atom stereocenters. The molecule has 0 unspecified atom stereocenters. The quantitative estimate of drug-likeness (QED) is 0.709. The molecule has 0 aromatic heterocycles. The maximum atomic E-state index is 11.8. The molecular weight excluding hydrogens is 258 g/mol. The maximum Gasteiger partial charge on any atom is 0.303 e. The number of aliphatic hydroxyl groups excluding tert-OH is 1. The van der Waals surface area contributed by atoms with Gasteiger partial charge in [0.15, 0.2) is 0 Å². The van der Waals surface area contributed by atoms with Gasteiger partial charge in [0.05, 0.1) is 13.0 Å². The topological polar surface area (TPSA) is 86.6 Å². The molecule has 1 aromatic rings. The molecule has 0 bridgehead atoms. The Morgan fingerprint density at radius 3 is 2.15 bits per heavy atom. The van der Waals surface area contributed by atoms with Gasteiger partial charge in [-0.05, 0) is 16.5 Å². The van der Waals surface area contributed by atoms with Crippen molar-refractivity contribution in [1.82, 2.24) is 5.32 Å². The molecule has 0 saturated heterocycles. The maximum absolute atomic E-state index is 11.8. The third kappa shape index (κ3) is 5.84. The summed E-state index contributed by atoms with van der Waals surface area (Å²) in [7, 11) is 0. The molecule has 0 aliphatic rings. The van der Waals surface area contributed by atoms with Crippen molar-refractivity contribution in [2.45, 2.75) is 39.8 Å². The number of aliphatic hydroxyl groups is 1. The lowest BCUT2D eigenvalue weighted by Gasteiger charge is -2.21. The first-order chi connectivity index (χ1) is 9.32. The van der Waals surface area contributed by atoms with Gasteiger partial charge < -0.3 is 15.5 Å². The SMILES string of the molecule is CC(C)(CC(=O)O)CC(=O)NCc1ccc(CO)cc1. The lowest BCUT2D eigenvalue weighted by molar-refractivity contribution is -0.139. The highest BCUT2D eigenvalue weighted by Crippen LogP contribution is 2.24. The Morgan fingerprint density at radius 1 is 1.10 bits per heavy atom. The van der Waals surface area contributed by atoms with Crippen molar-refractivity contribution >= 4 is 11.9 Å². The lowest BCUT2D eigenvalue weighted by atomic mass is 9.85. The van der Waals surface area contributed by atoms with Crippen molar-refractivity contribution < 1.29 is 19.8 Å². The molecule has 5 heteroatoms. The van der Waals surface area contributed by atoms with E-state index >= 15 is 0 Å². The second-order valence-corrected chi connectivity index (χ2v) is 5.66. The van der Waals surface area contributed by atoms with Gasteiger partial charge in [0.1, 0.15) is 0 Å². The van der Waals surface area contributed by atoms with Gasteiger partial charge in [0, 0.05) is 13.0 Å². The molecule has 0 spiro atoms. The van der Waals surface area contributed by atoms with E-state index in [9.17, 15) is 9.59 Å². The molecule has 1 rings (SSSR count). The normalized spacial score (nSPS) is 11.2. The van der Waals surface area contributed by atoms with Crippen LogP contribution in [0.5, 0.6) is 0 Å². The van der Waals surface area contributed by atoms with E-state index in [2.05, 4.69) is 5.32 Å². The van der Waals surface area contributed by atoms with Gasteiger partial charge in [-0.15, -0.1) is 0 Å². The van der Waals surface area contributed by atoms with Crippen LogP contribution in [0.4, 0.5) is 0 Å². The minimum atomic E-state index is -0.901. The fourth-order valence-corrected chi connectivity index (χ4v) is 1.93. The Morgan fingerprint density at radius 2 is 1.65 bits per heavy atom. The fraction of sp³-hybridized carbons (Fsp3) is 0.467. The van der Waals surface area contributed by atoms with Gasteiger partial charge >= 0.3 is 5.97 Å². The highest BCUT2D eigenvalue weighted by molar-refractivity contribution is 5.77. The zero-order valence-electron chi connectivity index (χ0n) is 11.8. The van der Waals surface area contributed by atoms with Crippen LogP contribution in [0.3, 0.4) is 0 Å². The number of benzene rings is 1. The summed E-state index contributed by atoms with van der Waals surface area (Å²) in [6, 6.07) is 7.29. The Bertz CT molecular complexity index is 465. The molecule has 0 aliphatic heterocycles. The Labute approximate surface area is 118 Å². The van der Waals surface area contributed by atoms with Gasteiger partial charge in [-0.3, -0.25) is 9.59 Å². The van der Waals surface area contributed by atoms with E-state index < -0.39 is 11.4 Å². The van der Waals surface area contributed by atoms with Crippen LogP contribution in [-0.4, -0.2) is 22.1 Å². The van der Waals surface area contributed by atoms with Crippen molar-refractivity contribution in [3.8, 4) is 0 Å². The second kappa shape index (κ2) is 7.05. The average molecular weight is 279 g/mol. The number of carbonyl (C=O) groups is 2. The molecule has 110 valence electrons. The van der Waals surface area contributed by atoms with Crippen molar-refractivity contribution in [2.24, 2.45) is 5.41 Å². The Hall–Kier alpha value is -1.88. The van der Waals surface area contributed by atoms with E-state index in [-0.39, 0.29) is 25.4 Å². The van der Waals surface area contributed by atoms with E-state index in [0.717, 1.165) is 11.1 Å². The van der Waals surface area contributed by atoms with Crippen LogP contribution in [0.15, 0.2) is 24.3 Å². The Balaban J connectivity index is 2.44. The largest absolute Gasteiger partial charge is 0.481 e. The van der Waals surface area contributed by atoms with Gasteiger partial charge in [0.25, 0.3) is 0 Å². The highest BCUT2D eigenvalue weighted by atomic mass is 16.4. The van der Waals surface area contributed by atoms with Gasteiger partial charge in [0.2, 0.25) is 5.91 Å². The van der Waals surface area contributed by atoms with Crippen LogP contribution in [0.1, 0.15) is 37.8 Å². The van der Waals surface area contributed by atoms with E-state index in [1.165, 1.54) is 0 Å². The molecule has 5 nitrogen and oxygen atoms in total. The Kier molecular flexibility index (Phi) is 5.70. The third-order valence-electron chi connectivity index (χ3n) is 2.96. The van der Waals surface area contributed by atoms with Crippen molar-refractivity contribution in [2.75, 3.05) is 0 Å². The predicted molar refractivity (Wildman–Crippen MR) is 74.9 cm³/mol. The number of carboxylic acid groups (broad SMARTS) is 1. The summed E-state index contributed by atoms with van der Waals surface area (Å²) in [6.45, 7) is 3.91. The fourth-order valence-electron chi connectivity index (χ4n) is 1.93. The van der Waals surface area contributed by atoms with Gasteiger partial charge in [-0.2, -0.15) is 0 Å². The summed E-state index contributed by atoms with van der Waals surface area (Å²) in [5.41, 5.74) is 1.20. The molecule has 0 fully saturated rings. The number of hydrogen-bond donors (Lipinski definition) is 3. The molecule has 20 heavy (non-hydrogen) atoms. The number of nitrogens with one attached hydrogen (secondary N) is 1. The zero-order valence-corrected chi connectivity index (χ0v) is 11.8. The summed E-state index contributed by atoms with van der Waals surface area (Å²) >= 11 is 0. The summed E-state index contributed by atoms with van der Waals surface area (Å²) in [5.74, 6) is -1.06. The molecule has 0 saturated carbocycles. The predicted octanol–water partition coefficient (Wildman–Crippen LogP) is 1.69. The molecule has 1 amide bonds.